The van der Waals surface area contributed by atoms with Crippen LogP contribution in [0.4, 0.5) is 0 Å². The van der Waals surface area contributed by atoms with Crippen LogP contribution in [0.5, 0.6) is 0 Å². The summed E-state index contributed by atoms with van der Waals surface area (Å²) in [4.78, 5) is 22.7. The van der Waals surface area contributed by atoms with E-state index in [1.165, 1.54) is 6.20 Å². The molecule has 0 N–H and O–H groups in total. The second-order valence-corrected chi connectivity index (χ2v) is 2.49. The number of Topliss-reactive ketones (excluding diaryl/α,β-unsaturated/α-hetero) is 1. The van der Waals surface area contributed by atoms with Gasteiger partial charge in [0, 0.05) is 20.3 Å². The van der Waals surface area contributed by atoms with Crippen LogP contribution in [0.15, 0.2) is 11.8 Å². The summed E-state index contributed by atoms with van der Waals surface area (Å²) in [5, 5.41) is 0. The number of nitrogens with zero attached hydrogens (tertiary/aromatic N) is 1. The van der Waals surface area contributed by atoms with Gasteiger partial charge in [-0.2, -0.15) is 0 Å². The minimum absolute atomic E-state index is 0.102. The standard InChI is InChI=1S/C7H10ClNO2/c1-9(2)4-6(5-10)7(11)3-8/h4-5H,3H2,1-2H3/b6-4+. The molecule has 0 aromatic heterocycles. The Morgan fingerprint density at radius 3 is 2.36 bits per heavy atom. The number of rotatable bonds is 4. The van der Waals surface area contributed by atoms with Gasteiger partial charge >= 0.3 is 0 Å². The minimum Gasteiger partial charge on any atom is -0.383 e. The number of alkyl halides is 1. The van der Waals surface area contributed by atoms with Gasteiger partial charge in [-0.25, -0.2) is 0 Å². The maximum Gasteiger partial charge on any atom is 0.182 e. The van der Waals surface area contributed by atoms with Crippen molar-refractivity contribution in [2.24, 2.45) is 0 Å². The van der Waals surface area contributed by atoms with Gasteiger partial charge < -0.3 is 4.90 Å². The first-order valence-electron chi connectivity index (χ1n) is 3.04. The summed E-state index contributed by atoms with van der Waals surface area (Å²) in [5.41, 5.74) is 0.102. The molecule has 0 radical (unpaired) electrons. The first-order valence-corrected chi connectivity index (χ1v) is 3.58. The summed E-state index contributed by atoms with van der Waals surface area (Å²) >= 11 is 5.24. The maximum absolute atomic E-state index is 10.8. The fraction of sp³-hybridized carbons (Fsp3) is 0.429. The number of ketones is 1. The van der Waals surface area contributed by atoms with E-state index in [0.29, 0.717) is 6.29 Å². The quantitative estimate of drug-likeness (QED) is 0.205. The monoisotopic (exact) mass is 175 g/mol. The second-order valence-electron chi connectivity index (χ2n) is 2.22. The molecule has 0 atom stereocenters. The molecule has 0 amide bonds. The molecule has 62 valence electrons. The second kappa shape index (κ2) is 4.91. The molecule has 0 saturated heterocycles. The zero-order chi connectivity index (χ0) is 8.85. The molecule has 11 heavy (non-hydrogen) atoms. The van der Waals surface area contributed by atoms with Crippen LogP contribution >= 0.6 is 11.6 Å². The summed E-state index contributed by atoms with van der Waals surface area (Å²) in [7, 11) is 3.45. The summed E-state index contributed by atoms with van der Waals surface area (Å²) in [6.45, 7) is 0. The van der Waals surface area contributed by atoms with Crippen molar-refractivity contribution in [2.45, 2.75) is 0 Å². The van der Waals surface area contributed by atoms with Gasteiger partial charge in [-0.15, -0.1) is 11.6 Å². The number of hydrogen-bond donors (Lipinski definition) is 0. The summed E-state index contributed by atoms with van der Waals surface area (Å²) in [6.07, 6.45) is 1.95. The predicted molar refractivity (Wildman–Crippen MR) is 43.6 cm³/mol. The van der Waals surface area contributed by atoms with Gasteiger partial charge in [0.05, 0.1) is 11.5 Å². The van der Waals surface area contributed by atoms with Crippen LogP contribution in [0, 0.1) is 0 Å². The van der Waals surface area contributed by atoms with E-state index in [4.69, 9.17) is 11.6 Å². The molecule has 3 nitrogen and oxygen atoms in total. The Kier molecular flexibility index (Phi) is 4.54. The van der Waals surface area contributed by atoms with Gasteiger partial charge in [0.1, 0.15) is 0 Å². The molecule has 4 heteroatoms. The molecular weight excluding hydrogens is 166 g/mol. The Morgan fingerprint density at radius 2 is 2.09 bits per heavy atom. The van der Waals surface area contributed by atoms with Gasteiger partial charge in [-0.3, -0.25) is 9.59 Å². The average Bonchev–Trinajstić information content (AvgIpc) is 1.98. The van der Waals surface area contributed by atoms with Gasteiger partial charge in [-0.1, -0.05) is 0 Å². The van der Waals surface area contributed by atoms with Crippen molar-refractivity contribution in [1.29, 1.82) is 0 Å². The molecule has 0 aromatic carbocycles. The van der Waals surface area contributed by atoms with E-state index in [1.807, 2.05) is 0 Å². The van der Waals surface area contributed by atoms with E-state index in [2.05, 4.69) is 0 Å². The first kappa shape index (κ1) is 10.2. The molecule has 0 bridgehead atoms. The molecular formula is C7H10ClNO2. The lowest BCUT2D eigenvalue weighted by Crippen LogP contribution is -2.11. The van der Waals surface area contributed by atoms with Crippen LogP contribution < -0.4 is 0 Å². The zero-order valence-corrected chi connectivity index (χ0v) is 7.26. The highest BCUT2D eigenvalue weighted by atomic mass is 35.5. The minimum atomic E-state index is -0.352. The number of aldehydes is 1. The third-order valence-electron chi connectivity index (χ3n) is 0.968. The van der Waals surface area contributed by atoms with Gasteiger partial charge in [0.2, 0.25) is 0 Å². The molecule has 0 aliphatic carbocycles. The topological polar surface area (TPSA) is 37.4 Å². The van der Waals surface area contributed by atoms with Crippen LogP contribution in [0.2, 0.25) is 0 Å². The Labute approximate surface area is 70.6 Å². The lowest BCUT2D eigenvalue weighted by atomic mass is 10.2. The molecule has 0 aliphatic heterocycles. The van der Waals surface area contributed by atoms with E-state index in [9.17, 15) is 9.59 Å². The van der Waals surface area contributed by atoms with E-state index < -0.39 is 0 Å². The lowest BCUT2D eigenvalue weighted by Gasteiger charge is -2.04. The van der Waals surface area contributed by atoms with E-state index in [0.717, 1.165) is 0 Å². The Bertz CT molecular complexity index is 187. The Balaban J connectivity index is 4.39. The highest BCUT2D eigenvalue weighted by molar-refractivity contribution is 6.33. The molecule has 0 saturated carbocycles. The van der Waals surface area contributed by atoms with Crippen molar-refractivity contribution < 1.29 is 9.59 Å². The molecule has 0 fully saturated rings. The highest BCUT2D eigenvalue weighted by Crippen LogP contribution is 1.95. The molecule has 0 rings (SSSR count). The molecule has 0 heterocycles. The van der Waals surface area contributed by atoms with Gasteiger partial charge in [0.25, 0.3) is 0 Å². The smallest absolute Gasteiger partial charge is 0.182 e. The van der Waals surface area contributed by atoms with E-state index in [-0.39, 0.29) is 17.2 Å². The lowest BCUT2D eigenvalue weighted by molar-refractivity contribution is -0.115. The Morgan fingerprint density at radius 1 is 1.55 bits per heavy atom. The number of hydrogen-bond acceptors (Lipinski definition) is 3. The van der Waals surface area contributed by atoms with Crippen LogP contribution in [-0.4, -0.2) is 36.9 Å². The summed E-state index contributed by atoms with van der Waals surface area (Å²) < 4.78 is 0. The third-order valence-corrected chi connectivity index (χ3v) is 1.21. The number of allylic oxidation sites excluding steroid dienone is 1. The van der Waals surface area contributed by atoms with Gasteiger partial charge in [0.15, 0.2) is 12.1 Å². The van der Waals surface area contributed by atoms with Crippen LogP contribution in [0.25, 0.3) is 0 Å². The summed E-state index contributed by atoms with van der Waals surface area (Å²) in [6, 6.07) is 0. The fourth-order valence-electron chi connectivity index (χ4n) is 0.523. The molecule has 0 aliphatic rings. The van der Waals surface area contributed by atoms with Gasteiger partial charge in [-0.05, 0) is 0 Å². The normalized spacial score (nSPS) is 11.0. The van der Waals surface area contributed by atoms with E-state index >= 15 is 0 Å². The average molecular weight is 176 g/mol. The number of halogens is 1. The van der Waals surface area contributed by atoms with Crippen LogP contribution in [0.1, 0.15) is 0 Å². The van der Waals surface area contributed by atoms with Crippen molar-refractivity contribution in [2.75, 3.05) is 20.0 Å². The van der Waals surface area contributed by atoms with E-state index in [1.54, 1.807) is 19.0 Å². The molecule has 0 aromatic rings. The first-order chi connectivity index (χ1) is 5.11. The number of carbonyl (C=O) groups is 2. The number of carbonyl (C=O) groups excluding carboxylic acids is 2. The van der Waals surface area contributed by atoms with Crippen molar-refractivity contribution >= 4 is 23.7 Å². The SMILES string of the molecule is CN(C)/C=C(\C=O)C(=O)CCl. The van der Waals surface area contributed by atoms with Crippen LogP contribution in [-0.2, 0) is 9.59 Å². The fourth-order valence-corrected chi connectivity index (χ4v) is 0.678. The third kappa shape index (κ3) is 3.78. The molecule has 0 unspecified atom stereocenters. The van der Waals surface area contributed by atoms with Crippen LogP contribution in [0.3, 0.4) is 0 Å². The highest BCUT2D eigenvalue weighted by Gasteiger charge is 2.05. The van der Waals surface area contributed by atoms with Crippen molar-refractivity contribution in [1.82, 2.24) is 4.90 Å². The zero-order valence-electron chi connectivity index (χ0n) is 6.50. The van der Waals surface area contributed by atoms with Crippen molar-refractivity contribution in [3.8, 4) is 0 Å². The van der Waals surface area contributed by atoms with Crippen molar-refractivity contribution in [3.05, 3.63) is 11.8 Å². The largest absolute Gasteiger partial charge is 0.383 e. The molecule has 0 spiro atoms. The van der Waals surface area contributed by atoms with Crippen molar-refractivity contribution in [3.63, 3.8) is 0 Å². The predicted octanol–water partition coefficient (Wildman–Crippen LogP) is 0.439. The summed E-state index contributed by atoms with van der Waals surface area (Å²) in [5.74, 6) is -0.506. The maximum atomic E-state index is 10.8. The Hall–Kier alpha value is -0.830.